The maximum absolute atomic E-state index is 10.4. The molecule has 2 rings (SSSR count). The van der Waals surface area contributed by atoms with E-state index in [0.717, 1.165) is 17.1 Å². The third kappa shape index (κ3) is 2.00. The summed E-state index contributed by atoms with van der Waals surface area (Å²) in [5.74, 6) is 1.29. The molecule has 0 aliphatic carbocycles. The van der Waals surface area contributed by atoms with Crippen LogP contribution in [0.5, 0.6) is 11.5 Å². The molecule has 1 aromatic heterocycles. The van der Waals surface area contributed by atoms with E-state index < -0.39 is 4.92 Å². The first-order chi connectivity index (χ1) is 8.67. The first-order valence-corrected chi connectivity index (χ1v) is 5.21. The van der Waals surface area contributed by atoms with Gasteiger partial charge in [0.25, 0.3) is 0 Å². The van der Waals surface area contributed by atoms with Crippen molar-refractivity contribution in [3.63, 3.8) is 0 Å². The number of ether oxygens (including phenoxy) is 2. The number of methoxy groups -OCH3 is 2. The second-order valence-corrected chi connectivity index (χ2v) is 3.57. The summed E-state index contributed by atoms with van der Waals surface area (Å²) in [6, 6.07) is 3.54. The van der Waals surface area contributed by atoms with Gasteiger partial charge in [0.2, 0.25) is 6.20 Å². The van der Waals surface area contributed by atoms with Gasteiger partial charge in [-0.1, -0.05) is 0 Å². The van der Waals surface area contributed by atoms with E-state index in [4.69, 9.17) is 9.47 Å². The molecule has 0 aliphatic rings. The summed E-state index contributed by atoms with van der Waals surface area (Å²) in [6.07, 6.45) is 3.98. The van der Waals surface area contributed by atoms with Crippen molar-refractivity contribution in [1.29, 1.82) is 0 Å². The van der Waals surface area contributed by atoms with Crippen LogP contribution in [0.2, 0.25) is 0 Å². The van der Waals surface area contributed by atoms with E-state index in [1.54, 1.807) is 32.5 Å². The molecule has 18 heavy (non-hydrogen) atoms. The van der Waals surface area contributed by atoms with Crippen molar-refractivity contribution in [2.45, 2.75) is 0 Å². The van der Waals surface area contributed by atoms with Crippen LogP contribution in [0.15, 0.2) is 24.5 Å². The van der Waals surface area contributed by atoms with Gasteiger partial charge in [-0.3, -0.25) is 10.1 Å². The Balaban J connectivity index is 2.65. The zero-order chi connectivity index (χ0) is 13.1. The molecule has 6 heteroatoms. The lowest BCUT2D eigenvalue weighted by molar-refractivity contribution is -0.400. The van der Waals surface area contributed by atoms with Crippen LogP contribution in [0.4, 0.5) is 0 Å². The number of hydrogen-bond acceptors (Lipinski definition) is 4. The van der Waals surface area contributed by atoms with E-state index in [-0.39, 0.29) is 0 Å². The van der Waals surface area contributed by atoms with E-state index in [0.29, 0.717) is 17.1 Å². The van der Waals surface area contributed by atoms with E-state index >= 15 is 0 Å². The first kappa shape index (κ1) is 12.0. The van der Waals surface area contributed by atoms with Crippen LogP contribution in [0.3, 0.4) is 0 Å². The molecule has 2 aromatic rings. The van der Waals surface area contributed by atoms with Crippen LogP contribution in [0.1, 0.15) is 5.56 Å². The van der Waals surface area contributed by atoms with E-state index in [1.165, 1.54) is 6.08 Å². The molecule has 0 amide bonds. The second-order valence-electron chi connectivity index (χ2n) is 3.57. The summed E-state index contributed by atoms with van der Waals surface area (Å²) in [4.78, 5) is 12.9. The topological polar surface area (TPSA) is 77.4 Å². The van der Waals surface area contributed by atoms with Crippen LogP contribution < -0.4 is 9.47 Å². The molecule has 0 fully saturated rings. The molecule has 1 heterocycles. The highest BCUT2D eigenvalue weighted by atomic mass is 16.6. The van der Waals surface area contributed by atoms with Crippen molar-refractivity contribution in [2.75, 3.05) is 14.2 Å². The minimum absolute atomic E-state index is 0.508. The molecule has 0 aliphatic heterocycles. The van der Waals surface area contributed by atoms with Gasteiger partial charge in [-0.25, -0.2) is 0 Å². The molecule has 94 valence electrons. The van der Waals surface area contributed by atoms with Crippen molar-refractivity contribution in [1.82, 2.24) is 4.98 Å². The van der Waals surface area contributed by atoms with E-state index in [1.807, 2.05) is 0 Å². The Labute approximate surface area is 103 Å². The standard InChI is InChI=1S/C12H12N2O4/c1-17-9-3-4-10(18-2)12-11(9)8(7-13-12)5-6-14(15)16/h3-7,13H,1-2H3/b6-5+. The monoisotopic (exact) mass is 248 g/mol. The highest BCUT2D eigenvalue weighted by Crippen LogP contribution is 2.35. The fourth-order valence-electron chi connectivity index (χ4n) is 1.83. The highest BCUT2D eigenvalue weighted by Gasteiger charge is 2.12. The summed E-state index contributed by atoms with van der Waals surface area (Å²) in [5, 5.41) is 11.1. The lowest BCUT2D eigenvalue weighted by atomic mass is 10.1. The minimum Gasteiger partial charge on any atom is -0.496 e. The van der Waals surface area contributed by atoms with Gasteiger partial charge < -0.3 is 14.5 Å². The average molecular weight is 248 g/mol. The van der Waals surface area contributed by atoms with Crippen molar-refractivity contribution < 1.29 is 14.4 Å². The number of hydrogen-bond donors (Lipinski definition) is 1. The first-order valence-electron chi connectivity index (χ1n) is 5.21. The summed E-state index contributed by atoms with van der Waals surface area (Å²) in [7, 11) is 3.11. The SMILES string of the molecule is COc1ccc(OC)c2c(/C=C/[N+](=O)[O-])c[nH]c12. The van der Waals surface area contributed by atoms with Crippen LogP contribution >= 0.6 is 0 Å². The molecule has 0 spiro atoms. The fraction of sp³-hybridized carbons (Fsp3) is 0.167. The van der Waals surface area contributed by atoms with Crippen molar-refractivity contribution in [3.05, 3.63) is 40.2 Å². The lowest BCUT2D eigenvalue weighted by Crippen LogP contribution is -1.89. The third-order valence-corrected chi connectivity index (χ3v) is 2.61. The molecule has 1 aromatic carbocycles. The number of nitrogens with zero attached hydrogens (tertiary/aromatic N) is 1. The molecule has 0 bridgehead atoms. The quantitative estimate of drug-likeness (QED) is 0.665. The van der Waals surface area contributed by atoms with Gasteiger partial charge >= 0.3 is 0 Å². The Hall–Kier alpha value is -2.50. The van der Waals surface area contributed by atoms with Gasteiger partial charge in [-0.2, -0.15) is 0 Å². The summed E-state index contributed by atoms with van der Waals surface area (Å²) in [5.41, 5.74) is 1.43. The van der Waals surface area contributed by atoms with E-state index in [2.05, 4.69) is 4.98 Å². The summed E-state index contributed by atoms with van der Waals surface area (Å²) in [6.45, 7) is 0. The molecule has 1 N–H and O–H groups in total. The Morgan fingerprint density at radius 1 is 1.28 bits per heavy atom. The molecule has 6 nitrogen and oxygen atoms in total. The zero-order valence-electron chi connectivity index (χ0n) is 9.97. The molecule has 0 radical (unpaired) electrons. The van der Waals surface area contributed by atoms with Gasteiger partial charge in [0.05, 0.1) is 30.0 Å². The number of nitro groups is 1. The van der Waals surface area contributed by atoms with Crippen molar-refractivity contribution in [2.24, 2.45) is 0 Å². The maximum Gasteiger partial charge on any atom is 0.235 e. The molecule has 0 saturated carbocycles. The predicted molar refractivity (Wildman–Crippen MR) is 67.4 cm³/mol. The summed E-state index contributed by atoms with van der Waals surface area (Å²) < 4.78 is 10.5. The highest BCUT2D eigenvalue weighted by molar-refractivity contribution is 5.97. The predicted octanol–water partition coefficient (Wildman–Crippen LogP) is 2.43. The number of fused-ring (bicyclic) bond motifs is 1. The molecule has 0 atom stereocenters. The minimum atomic E-state index is -0.508. The van der Waals surface area contributed by atoms with E-state index in [9.17, 15) is 10.1 Å². The van der Waals surface area contributed by atoms with Gasteiger partial charge in [0, 0.05) is 17.8 Å². The van der Waals surface area contributed by atoms with Gasteiger partial charge in [0.1, 0.15) is 11.5 Å². The number of aromatic nitrogens is 1. The van der Waals surface area contributed by atoms with Crippen LogP contribution in [-0.2, 0) is 0 Å². The van der Waals surface area contributed by atoms with Crippen LogP contribution in [-0.4, -0.2) is 24.1 Å². The van der Waals surface area contributed by atoms with Gasteiger partial charge in [-0.05, 0) is 12.1 Å². The van der Waals surface area contributed by atoms with Crippen molar-refractivity contribution in [3.8, 4) is 11.5 Å². The van der Waals surface area contributed by atoms with Gasteiger partial charge in [-0.15, -0.1) is 0 Å². The molecule has 0 unspecified atom stereocenters. The third-order valence-electron chi connectivity index (χ3n) is 2.61. The average Bonchev–Trinajstić information content (AvgIpc) is 2.79. The molecular weight excluding hydrogens is 236 g/mol. The maximum atomic E-state index is 10.4. The summed E-state index contributed by atoms with van der Waals surface area (Å²) >= 11 is 0. The van der Waals surface area contributed by atoms with Gasteiger partial charge in [0.15, 0.2) is 0 Å². The Bertz CT molecular complexity index is 616. The zero-order valence-corrected chi connectivity index (χ0v) is 9.97. The van der Waals surface area contributed by atoms with Crippen LogP contribution in [0, 0.1) is 10.1 Å². The lowest BCUT2D eigenvalue weighted by Gasteiger charge is -2.06. The number of aromatic amines is 1. The number of benzene rings is 1. The van der Waals surface area contributed by atoms with Crippen LogP contribution in [0.25, 0.3) is 17.0 Å². The molecule has 0 saturated heterocycles. The van der Waals surface area contributed by atoms with Crippen molar-refractivity contribution >= 4 is 17.0 Å². The molecular formula is C12H12N2O4. The second kappa shape index (κ2) is 4.79. The fourth-order valence-corrected chi connectivity index (χ4v) is 1.83. The normalized spacial score (nSPS) is 11.0. The Kier molecular flexibility index (Phi) is 3.18. The number of H-pyrrole nitrogens is 1. The largest absolute Gasteiger partial charge is 0.496 e. The Morgan fingerprint density at radius 3 is 2.56 bits per heavy atom. The smallest absolute Gasteiger partial charge is 0.235 e. The Morgan fingerprint density at radius 2 is 1.94 bits per heavy atom. The number of rotatable bonds is 4. The number of nitrogens with one attached hydrogen (secondary N) is 1.